The quantitative estimate of drug-likeness (QED) is 0.942. The summed E-state index contributed by atoms with van der Waals surface area (Å²) < 4.78 is 15.3. The van der Waals surface area contributed by atoms with Gasteiger partial charge in [-0.1, -0.05) is 22.0 Å². The van der Waals surface area contributed by atoms with Crippen LogP contribution in [0.15, 0.2) is 34.9 Å². The van der Waals surface area contributed by atoms with E-state index in [1.807, 2.05) is 13.1 Å². The maximum absolute atomic E-state index is 12.9. The summed E-state index contributed by atoms with van der Waals surface area (Å²) in [4.78, 5) is 0. The predicted molar refractivity (Wildman–Crippen MR) is 70.6 cm³/mol. The molecule has 1 aromatic carbocycles. The van der Waals surface area contributed by atoms with Crippen molar-refractivity contribution < 1.29 is 9.50 Å². The smallest absolute Gasteiger partial charge is 0.124 e. The van der Waals surface area contributed by atoms with E-state index in [0.29, 0.717) is 16.5 Å². The average molecular weight is 313 g/mol. The molecule has 2 aromatic rings. The number of benzene rings is 1. The van der Waals surface area contributed by atoms with Gasteiger partial charge in [0.15, 0.2) is 0 Å². The second kappa shape index (κ2) is 5.63. The molecule has 18 heavy (non-hydrogen) atoms. The van der Waals surface area contributed by atoms with Crippen LogP contribution in [0.5, 0.6) is 0 Å². The van der Waals surface area contributed by atoms with E-state index in [1.54, 1.807) is 16.9 Å². The molecule has 0 saturated carbocycles. The summed E-state index contributed by atoms with van der Waals surface area (Å²) in [6.45, 7) is 0. The molecular weight excluding hydrogens is 299 g/mol. The number of aliphatic hydroxyl groups excluding tert-OH is 1. The lowest BCUT2D eigenvalue weighted by Gasteiger charge is -2.13. The molecule has 1 heterocycles. The number of nitrogens with zero attached hydrogens (tertiary/aromatic N) is 2. The van der Waals surface area contributed by atoms with E-state index in [4.69, 9.17) is 0 Å². The van der Waals surface area contributed by atoms with E-state index in [2.05, 4.69) is 21.0 Å². The molecule has 1 aromatic heterocycles. The van der Waals surface area contributed by atoms with Crippen LogP contribution in [-0.2, 0) is 13.5 Å². The molecule has 2 rings (SSSR count). The molecule has 1 atom stereocenters. The Morgan fingerprint density at radius 1 is 1.44 bits per heavy atom. The summed E-state index contributed by atoms with van der Waals surface area (Å²) in [6, 6.07) is 6.25. The van der Waals surface area contributed by atoms with Crippen molar-refractivity contribution in [2.45, 2.75) is 18.9 Å². The van der Waals surface area contributed by atoms with E-state index in [1.165, 1.54) is 12.1 Å². The van der Waals surface area contributed by atoms with E-state index in [9.17, 15) is 9.50 Å². The summed E-state index contributed by atoms with van der Waals surface area (Å²) in [6.07, 6.45) is 2.41. The second-order valence-electron chi connectivity index (χ2n) is 4.17. The zero-order valence-electron chi connectivity index (χ0n) is 9.98. The SMILES string of the molecule is Cn1nccc1CCC(O)c1ccc(F)cc1Br. The molecule has 0 spiro atoms. The van der Waals surface area contributed by atoms with Gasteiger partial charge in [-0.15, -0.1) is 0 Å². The third-order valence-corrected chi connectivity index (χ3v) is 3.60. The first-order valence-electron chi connectivity index (χ1n) is 5.68. The zero-order valence-corrected chi connectivity index (χ0v) is 11.6. The summed E-state index contributed by atoms with van der Waals surface area (Å²) in [7, 11) is 1.87. The summed E-state index contributed by atoms with van der Waals surface area (Å²) >= 11 is 3.26. The van der Waals surface area contributed by atoms with Crippen molar-refractivity contribution in [3.63, 3.8) is 0 Å². The number of aromatic nitrogens is 2. The average Bonchev–Trinajstić information content (AvgIpc) is 2.72. The highest BCUT2D eigenvalue weighted by Crippen LogP contribution is 2.27. The van der Waals surface area contributed by atoms with Crippen LogP contribution < -0.4 is 0 Å². The van der Waals surface area contributed by atoms with Gasteiger partial charge in [0.25, 0.3) is 0 Å². The van der Waals surface area contributed by atoms with E-state index < -0.39 is 6.10 Å². The fraction of sp³-hybridized carbons (Fsp3) is 0.308. The van der Waals surface area contributed by atoms with Crippen LogP contribution >= 0.6 is 15.9 Å². The van der Waals surface area contributed by atoms with Crippen molar-refractivity contribution >= 4 is 15.9 Å². The minimum Gasteiger partial charge on any atom is -0.388 e. The molecule has 0 aliphatic carbocycles. The number of aliphatic hydroxyl groups is 1. The van der Waals surface area contributed by atoms with E-state index >= 15 is 0 Å². The molecule has 0 aliphatic heterocycles. The first-order valence-corrected chi connectivity index (χ1v) is 6.47. The van der Waals surface area contributed by atoms with Crippen LogP contribution in [0.1, 0.15) is 23.8 Å². The van der Waals surface area contributed by atoms with Gasteiger partial charge < -0.3 is 5.11 Å². The Morgan fingerprint density at radius 3 is 2.83 bits per heavy atom. The van der Waals surface area contributed by atoms with Gasteiger partial charge in [0, 0.05) is 23.4 Å². The highest BCUT2D eigenvalue weighted by atomic mass is 79.9. The fourth-order valence-electron chi connectivity index (χ4n) is 1.86. The molecule has 3 nitrogen and oxygen atoms in total. The van der Waals surface area contributed by atoms with E-state index in [-0.39, 0.29) is 5.82 Å². The molecule has 0 radical (unpaired) electrons. The first-order chi connectivity index (χ1) is 8.58. The summed E-state index contributed by atoms with van der Waals surface area (Å²) in [5.74, 6) is -0.315. The van der Waals surface area contributed by atoms with Crippen LogP contribution in [0, 0.1) is 5.82 Å². The molecule has 1 unspecified atom stereocenters. The highest BCUT2D eigenvalue weighted by Gasteiger charge is 2.12. The molecule has 0 saturated heterocycles. The lowest BCUT2D eigenvalue weighted by atomic mass is 10.0. The van der Waals surface area contributed by atoms with Crippen molar-refractivity contribution in [2.24, 2.45) is 7.05 Å². The molecule has 96 valence electrons. The Hall–Kier alpha value is -1.20. The van der Waals surface area contributed by atoms with Crippen LogP contribution in [0.2, 0.25) is 0 Å². The monoisotopic (exact) mass is 312 g/mol. The lowest BCUT2D eigenvalue weighted by molar-refractivity contribution is 0.166. The third kappa shape index (κ3) is 2.97. The van der Waals surface area contributed by atoms with Crippen LogP contribution in [0.3, 0.4) is 0 Å². The van der Waals surface area contributed by atoms with Crippen molar-refractivity contribution in [2.75, 3.05) is 0 Å². The normalized spacial score (nSPS) is 12.7. The predicted octanol–water partition coefficient (Wildman–Crippen LogP) is 2.99. The van der Waals surface area contributed by atoms with Crippen molar-refractivity contribution in [3.05, 3.63) is 52.0 Å². The number of aryl methyl sites for hydroxylation is 2. The summed E-state index contributed by atoms with van der Waals surface area (Å²) in [5, 5.41) is 14.2. The second-order valence-corrected chi connectivity index (χ2v) is 5.02. The standard InChI is InChI=1S/C13H14BrFN2O/c1-17-10(6-7-16-17)3-5-13(18)11-4-2-9(15)8-12(11)14/h2,4,6-8,13,18H,3,5H2,1H3. The van der Waals surface area contributed by atoms with Gasteiger partial charge >= 0.3 is 0 Å². The summed E-state index contributed by atoms with van der Waals surface area (Å²) in [5.41, 5.74) is 1.77. The topological polar surface area (TPSA) is 38.0 Å². The maximum Gasteiger partial charge on any atom is 0.124 e. The van der Waals surface area contributed by atoms with Crippen LogP contribution in [0.4, 0.5) is 4.39 Å². The van der Waals surface area contributed by atoms with Crippen molar-refractivity contribution in [3.8, 4) is 0 Å². The molecule has 1 N–H and O–H groups in total. The Morgan fingerprint density at radius 2 is 2.22 bits per heavy atom. The van der Waals surface area contributed by atoms with Gasteiger partial charge in [-0.2, -0.15) is 5.10 Å². The Labute approximate surface area is 113 Å². The van der Waals surface area contributed by atoms with Crippen LogP contribution in [0.25, 0.3) is 0 Å². The van der Waals surface area contributed by atoms with Gasteiger partial charge in [-0.25, -0.2) is 4.39 Å². The fourth-order valence-corrected chi connectivity index (χ4v) is 2.47. The van der Waals surface area contributed by atoms with Crippen molar-refractivity contribution in [1.82, 2.24) is 9.78 Å². The number of hydrogen-bond donors (Lipinski definition) is 1. The number of hydrogen-bond acceptors (Lipinski definition) is 2. The zero-order chi connectivity index (χ0) is 13.1. The molecular formula is C13H14BrFN2O. The van der Waals surface area contributed by atoms with Crippen LogP contribution in [-0.4, -0.2) is 14.9 Å². The molecule has 0 amide bonds. The highest BCUT2D eigenvalue weighted by molar-refractivity contribution is 9.10. The van der Waals surface area contributed by atoms with Crippen molar-refractivity contribution in [1.29, 1.82) is 0 Å². The Kier molecular flexibility index (Phi) is 4.14. The third-order valence-electron chi connectivity index (χ3n) is 2.92. The minimum atomic E-state index is -0.616. The molecule has 0 bridgehead atoms. The van der Waals surface area contributed by atoms with Gasteiger partial charge in [-0.05, 0) is 36.6 Å². The lowest BCUT2D eigenvalue weighted by Crippen LogP contribution is -2.04. The maximum atomic E-state index is 12.9. The molecule has 0 fully saturated rings. The van der Waals surface area contributed by atoms with Gasteiger partial charge in [0.1, 0.15) is 5.82 Å². The minimum absolute atomic E-state index is 0.315. The van der Waals surface area contributed by atoms with E-state index in [0.717, 1.165) is 12.1 Å². The Balaban J connectivity index is 2.03. The molecule has 0 aliphatic rings. The van der Waals surface area contributed by atoms with Gasteiger partial charge in [0.2, 0.25) is 0 Å². The first kappa shape index (κ1) is 13.2. The molecule has 5 heteroatoms. The van der Waals surface area contributed by atoms with Gasteiger partial charge in [-0.3, -0.25) is 4.68 Å². The largest absolute Gasteiger partial charge is 0.388 e. The Bertz CT molecular complexity index is 542. The van der Waals surface area contributed by atoms with Gasteiger partial charge in [0.05, 0.1) is 6.10 Å². The number of rotatable bonds is 4. The number of halogens is 2.